The van der Waals surface area contributed by atoms with Crippen molar-refractivity contribution < 1.29 is 19.0 Å². The Morgan fingerprint density at radius 1 is 1.06 bits per heavy atom. The molecule has 1 atom stereocenters. The number of nitrogens with two attached hydrogens (primary N) is 1. The first-order valence-corrected chi connectivity index (χ1v) is 10.6. The topological polar surface area (TPSA) is 114 Å². The molecule has 0 aliphatic heterocycles. The lowest BCUT2D eigenvalue weighted by Crippen LogP contribution is -2.18. The molecule has 9 nitrogen and oxygen atoms in total. The summed E-state index contributed by atoms with van der Waals surface area (Å²) in [5, 5.41) is 2.96. The smallest absolute Gasteiger partial charge is 0.257 e. The highest BCUT2D eigenvalue weighted by molar-refractivity contribution is 6.09. The Labute approximate surface area is 191 Å². The summed E-state index contributed by atoms with van der Waals surface area (Å²) in [5.41, 5.74) is 9.87. The number of benzene rings is 2. The van der Waals surface area contributed by atoms with Gasteiger partial charge in [0.1, 0.15) is 17.0 Å². The van der Waals surface area contributed by atoms with E-state index in [2.05, 4.69) is 12.2 Å². The average Bonchev–Trinajstić information content (AvgIpc) is 3.11. The lowest BCUT2D eigenvalue weighted by Gasteiger charge is -2.18. The number of ether oxygens (including phenoxy) is 3. The number of carbonyl (C=O) groups is 1. The Morgan fingerprint density at radius 2 is 1.67 bits per heavy atom. The predicted octanol–water partition coefficient (Wildman–Crippen LogP) is 4.42. The standard InChI is InChI=1S/C24H27N5O4/c1-6-13(2)29-22(19(25)20-23(29)27-16-10-8-7-9-15(16)26-20)28-24(30)14-11-17(31-3)21(33-5)18(12-14)32-4/h7-13H,6,25H2,1-5H3,(H,28,30). The van der Waals surface area contributed by atoms with Gasteiger partial charge in [0.25, 0.3) is 5.91 Å². The Kier molecular flexibility index (Phi) is 5.95. The van der Waals surface area contributed by atoms with Gasteiger partial charge in [0, 0.05) is 11.6 Å². The molecule has 2 heterocycles. The lowest BCUT2D eigenvalue weighted by atomic mass is 10.1. The number of methoxy groups -OCH3 is 3. The fourth-order valence-electron chi connectivity index (χ4n) is 3.82. The summed E-state index contributed by atoms with van der Waals surface area (Å²) >= 11 is 0. The lowest BCUT2D eigenvalue weighted by molar-refractivity contribution is 0.102. The molecule has 1 unspecified atom stereocenters. The molecular formula is C24H27N5O4. The minimum absolute atomic E-state index is 0.0236. The van der Waals surface area contributed by atoms with Crippen molar-refractivity contribution in [3.05, 3.63) is 42.0 Å². The van der Waals surface area contributed by atoms with Gasteiger partial charge in [-0.1, -0.05) is 19.1 Å². The highest BCUT2D eigenvalue weighted by Crippen LogP contribution is 2.39. The third-order valence-corrected chi connectivity index (χ3v) is 5.72. The molecule has 0 spiro atoms. The Bertz CT molecular complexity index is 1320. The van der Waals surface area contributed by atoms with Gasteiger partial charge >= 0.3 is 0 Å². The van der Waals surface area contributed by atoms with E-state index in [4.69, 9.17) is 29.9 Å². The minimum atomic E-state index is -0.377. The molecular weight excluding hydrogens is 422 g/mol. The van der Waals surface area contributed by atoms with Crippen molar-refractivity contribution in [2.24, 2.45) is 0 Å². The molecule has 0 saturated carbocycles. The van der Waals surface area contributed by atoms with E-state index in [-0.39, 0.29) is 11.9 Å². The molecule has 0 fully saturated rings. The van der Waals surface area contributed by atoms with Gasteiger partial charge in [-0.3, -0.25) is 4.79 Å². The number of nitrogens with zero attached hydrogens (tertiary/aromatic N) is 3. The van der Waals surface area contributed by atoms with Crippen molar-refractivity contribution in [3.63, 3.8) is 0 Å². The van der Waals surface area contributed by atoms with E-state index >= 15 is 0 Å². The highest BCUT2D eigenvalue weighted by Gasteiger charge is 2.24. The number of anilines is 2. The van der Waals surface area contributed by atoms with Gasteiger partial charge in [-0.25, -0.2) is 9.97 Å². The fourth-order valence-corrected chi connectivity index (χ4v) is 3.82. The number of aromatic nitrogens is 3. The summed E-state index contributed by atoms with van der Waals surface area (Å²) < 4.78 is 18.0. The van der Waals surface area contributed by atoms with Crippen molar-refractivity contribution in [1.82, 2.24) is 14.5 Å². The number of rotatable bonds is 7. The number of fused-ring (bicyclic) bond motifs is 2. The van der Waals surface area contributed by atoms with Crippen molar-refractivity contribution >= 4 is 39.6 Å². The second-order valence-electron chi connectivity index (χ2n) is 7.64. The summed E-state index contributed by atoms with van der Waals surface area (Å²) in [4.78, 5) is 22.8. The fraction of sp³-hybridized carbons (Fsp3) is 0.292. The van der Waals surface area contributed by atoms with Gasteiger partial charge in [-0.2, -0.15) is 0 Å². The number of nitrogen functional groups attached to an aromatic ring is 1. The predicted molar refractivity (Wildman–Crippen MR) is 128 cm³/mol. The van der Waals surface area contributed by atoms with Crippen LogP contribution in [0.5, 0.6) is 17.2 Å². The third kappa shape index (κ3) is 3.75. The van der Waals surface area contributed by atoms with Crippen molar-refractivity contribution in [3.8, 4) is 17.2 Å². The van der Waals surface area contributed by atoms with Crippen LogP contribution in [0.4, 0.5) is 11.5 Å². The maximum absolute atomic E-state index is 13.3. The quantitative estimate of drug-likeness (QED) is 0.429. The van der Waals surface area contributed by atoms with Gasteiger partial charge in [0.05, 0.1) is 32.4 Å². The maximum atomic E-state index is 13.3. The Balaban J connectivity index is 1.85. The molecule has 9 heteroatoms. The molecule has 2 aromatic carbocycles. The van der Waals surface area contributed by atoms with E-state index in [1.165, 1.54) is 21.3 Å². The second-order valence-corrected chi connectivity index (χ2v) is 7.64. The maximum Gasteiger partial charge on any atom is 0.257 e. The number of amides is 1. The van der Waals surface area contributed by atoms with Crippen LogP contribution in [0, 0.1) is 0 Å². The number of nitrogens with one attached hydrogen (secondary N) is 1. The van der Waals surface area contributed by atoms with E-state index in [9.17, 15) is 4.79 Å². The SMILES string of the molecule is CCC(C)n1c(NC(=O)c2cc(OC)c(OC)c(OC)c2)c(N)c2nc3ccccc3nc21. The van der Waals surface area contributed by atoms with Crippen LogP contribution in [-0.4, -0.2) is 41.8 Å². The van der Waals surface area contributed by atoms with Crippen LogP contribution in [0.3, 0.4) is 0 Å². The zero-order valence-corrected chi connectivity index (χ0v) is 19.3. The minimum Gasteiger partial charge on any atom is -0.493 e. The first kappa shape index (κ1) is 22.2. The molecule has 2 aromatic heterocycles. The second kappa shape index (κ2) is 8.85. The summed E-state index contributed by atoms with van der Waals surface area (Å²) in [6.45, 7) is 4.11. The van der Waals surface area contributed by atoms with Gasteiger partial charge in [-0.05, 0) is 37.6 Å². The van der Waals surface area contributed by atoms with Gasteiger partial charge in [0.15, 0.2) is 17.1 Å². The number of hydrogen-bond acceptors (Lipinski definition) is 7. The van der Waals surface area contributed by atoms with Crippen LogP contribution in [0.1, 0.15) is 36.7 Å². The summed E-state index contributed by atoms with van der Waals surface area (Å²) in [6.07, 6.45) is 0.810. The van der Waals surface area contributed by atoms with Crippen molar-refractivity contribution in [2.45, 2.75) is 26.3 Å². The molecule has 0 saturated heterocycles. The van der Waals surface area contributed by atoms with Crippen LogP contribution >= 0.6 is 0 Å². The summed E-state index contributed by atoms with van der Waals surface area (Å²) in [7, 11) is 4.51. The van der Waals surface area contributed by atoms with Crippen molar-refractivity contribution in [2.75, 3.05) is 32.4 Å². The first-order chi connectivity index (χ1) is 15.9. The van der Waals surface area contributed by atoms with Crippen LogP contribution in [0.15, 0.2) is 36.4 Å². The molecule has 4 rings (SSSR count). The zero-order valence-electron chi connectivity index (χ0n) is 19.3. The van der Waals surface area contributed by atoms with E-state index in [1.807, 2.05) is 35.8 Å². The van der Waals surface area contributed by atoms with Gasteiger partial charge in [-0.15, -0.1) is 0 Å². The van der Waals surface area contributed by atoms with E-state index in [1.54, 1.807) is 12.1 Å². The van der Waals surface area contributed by atoms with E-state index in [0.717, 1.165) is 17.5 Å². The highest BCUT2D eigenvalue weighted by atomic mass is 16.5. The molecule has 1 amide bonds. The number of carbonyl (C=O) groups excluding carboxylic acids is 1. The van der Waals surface area contributed by atoms with Crippen LogP contribution in [-0.2, 0) is 0 Å². The van der Waals surface area contributed by atoms with Crippen LogP contribution in [0.2, 0.25) is 0 Å². The van der Waals surface area contributed by atoms with E-state index in [0.29, 0.717) is 45.5 Å². The largest absolute Gasteiger partial charge is 0.493 e. The molecule has 0 radical (unpaired) electrons. The molecule has 0 aliphatic carbocycles. The zero-order chi connectivity index (χ0) is 23.7. The molecule has 4 aromatic rings. The molecule has 3 N–H and O–H groups in total. The Hall–Kier alpha value is -4.01. The molecule has 172 valence electrons. The van der Waals surface area contributed by atoms with Crippen LogP contribution in [0.25, 0.3) is 22.2 Å². The summed E-state index contributed by atoms with van der Waals surface area (Å²) in [5.74, 6) is 1.25. The van der Waals surface area contributed by atoms with Gasteiger partial charge in [0.2, 0.25) is 5.75 Å². The van der Waals surface area contributed by atoms with Crippen LogP contribution < -0.4 is 25.3 Å². The monoisotopic (exact) mass is 449 g/mol. The van der Waals surface area contributed by atoms with Gasteiger partial charge < -0.3 is 29.8 Å². The molecule has 0 bridgehead atoms. The third-order valence-electron chi connectivity index (χ3n) is 5.72. The summed E-state index contributed by atoms with van der Waals surface area (Å²) in [6, 6.07) is 10.8. The molecule has 0 aliphatic rings. The first-order valence-electron chi connectivity index (χ1n) is 10.6. The molecule has 33 heavy (non-hydrogen) atoms. The van der Waals surface area contributed by atoms with Crippen molar-refractivity contribution in [1.29, 1.82) is 0 Å². The average molecular weight is 450 g/mol. The van der Waals surface area contributed by atoms with E-state index < -0.39 is 0 Å². The number of para-hydroxylation sites is 2. The normalized spacial score (nSPS) is 12.0. The number of hydrogen-bond donors (Lipinski definition) is 2. The Morgan fingerprint density at radius 3 is 2.21 bits per heavy atom.